The van der Waals surface area contributed by atoms with Gasteiger partial charge in [-0.2, -0.15) is 0 Å². The molecule has 5 nitrogen and oxygen atoms in total. The Balaban J connectivity index is 1.23. The maximum atomic E-state index is 12.5. The van der Waals surface area contributed by atoms with Gasteiger partial charge in [0.1, 0.15) is 25.7 Å². The fourth-order valence-electron chi connectivity index (χ4n) is 4.33. The zero-order valence-electron chi connectivity index (χ0n) is 16.4. The van der Waals surface area contributed by atoms with E-state index in [4.69, 9.17) is 4.74 Å². The number of likely N-dealkylation sites (tertiary alicyclic amines) is 1. The van der Waals surface area contributed by atoms with Gasteiger partial charge in [-0.25, -0.2) is 0 Å². The van der Waals surface area contributed by atoms with E-state index < -0.39 is 0 Å². The van der Waals surface area contributed by atoms with Crippen LogP contribution in [0.25, 0.3) is 0 Å². The number of amides is 1. The van der Waals surface area contributed by atoms with E-state index >= 15 is 0 Å². The summed E-state index contributed by atoms with van der Waals surface area (Å²) in [6.07, 6.45) is 2.40. The highest BCUT2D eigenvalue weighted by Gasteiger charge is 2.32. The second-order valence-electron chi connectivity index (χ2n) is 7.93. The van der Waals surface area contributed by atoms with Gasteiger partial charge >= 0.3 is 0 Å². The summed E-state index contributed by atoms with van der Waals surface area (Å²) in [5.41, 5.74) is 2.52. The first kappa shape index (κ1) is 19.6. The molecule has 0 aliphatic carbocycles. The standard InChI is InChI=1S/C22H29N3O2S/c26-22(17-25-9-1-3-20(25)21-4-2-14-28-21)23-15-18-5-7-19(8-6-18)16-24-10-12-27-13-11-24/h2,4-8,14,20H,1,3,9-13,15-17H2,(H,23,26)/p+2/t20-/m0/s1. The van der Waals surface area contributed by atoms with E-state index in [0.717, 1.165) is 39.4 Å². The van der Waals surface area contributed by atoms with Gasteiger partial charge in [-0.1, -0.05) is 30.3 Å². The van der Waals surface area contributed by atoms with Gasteiger partial charge in [0, 0.05) is 24.9 Å². The molecular weight excluding hydrogens is 370 g/mol. The van der Waals surface area contributed by atoms with Crippen molar-refractivity contribution in [3.8, 4) is 0 Å². The van der Waals surface area contributed by atoms with Crippen molar-refractivity contribution in [3.05, 3.63) is 57.8 Å². The first-order valence-electron chi connectivity index (χ1n) is 10.4. The Kier molecular flexibility index (Phi) is 6.75. The van der Waals surface area contributed by atoms with Crippen LogP contribution in [0.5, 0.6) is 0 Å². The first-order chi connectivity index (χ1) is 13.8. The molecule has 6 heteroatoms. The lowest BCUT2D eigenvalue weighted by Crippen LogP contribution is -3.12. The van der Waals surface area contributed by atoms with Gasteiger partial charge in [0.05, 0.1) is 24.6 Å². The summed E-state index contributed by atoms with van der Waals surface area (Å²) in [6, 6.07) is 13.5. The minimum Gasteiger partial charge on any atom is -0.370 e. The van der Waals surface area contributed by atoms with Crippen molar-refractivity contribution in [2.45, 2.75) is 32.0 Å². The van der Waals surface area contributed by atoms with Crippen LogP contribution < -0.4 is 15.1 Å². The molecule has 2 aliphatic rings. The summed E-state index contributed by atoms with van der Waals surface area (Å²) >= 11 is 1.81. The monoisotopic (exact) mass is 401 g/mol. The number of morpholine rings is 1. The second kappa shape index (κ2) is 9.65. The van der Waals surface area contributed by atoms with E-state index in [9.17, 15) is 4.79 Å². The van der Waals surface area contributed by atoms with Crippen LogP contribution in [0.1, 0.15) is 34.9 Å². The Bertz CT molecular complexity index is 742. The number of ether oxygens (including phenoxy) is 1. The zero-order valence-corrected chi connectivity index (χ0v) is 17.2. The third kappa shape index (κ3) is 5.20. The van der Waals surface area contributed by atoms with Crippen LogP contribution in [-0.2, 0) is 22.6 Å². The van der Waals surface area contributed by atoms with Crippen LogP contribution in [0.3, 0.4) is 0 Å². The zero-order chi connectivity index (χ0) is 19.2. The predicted molar refractivity (Wildman–Crippen MR) is 110 cm³/mol. The molecule has 0 bridgehead atoms. The lowest BCUT2D eigenvalue weighted by molar-refractivity contribution is -0.921. The molecule has 2 aliphatic heterocycles. The summed E-state index contributed by atoms with van der Waals surface area (Å²) < 4.78 is 5.42. The number of thiophene rings is 1. The highest BCUT2D eigenvalue weighted by atomic mass is 32.1. The predicted octanol–water partition coefficient (Wildman–Crippen LogP) is 0.199. The summed E-state index contributed by atoms with van der Waals surface area (Å²) in [6.45, 7) is 7.23. The summed E-state index contributed by atoms with van der Waals surface area (Å²) in [7, 11) is 0. The minimum atomic E-state index is 0.153. The summed E-state index contributed by atoms with van der Waals surface area (Å²) in [5.74, 6) is 0.153. The lowest BCUT2D eigenvalue weighted by atomic mass is 10.1. The molecule has 28 heavy (non-hydrogen) atoms. The third-order valence-corrected chi connectivity index (χ3v) is 6.91. The molecule has 2 atom stereocenters. The summed E-state index contributed by atoms with van der Waals surface area (Å²) in [5, 5.41) is 5.25. The number of rotatable bonds is 7. The molecule has 2 aromatic rings. The first-order valence-corrected chi connectivity index (χ1v) is 11.3. The minimum absolute atomic E-state index is 0.153. The van der Waals surface area contributed by atoms with Crippen molar-refractivity contribution < 1.29 is 19.3 Å². The van der Waals surface area contributed by atoms with Crippen molar-refractivity contribution in [3.63, 3.8) is 0 Å². The number of carbonyl (C=O) groups is 1. The van der Waals surface area contributed by atoms with Crippen molar-refractivity contribution in [2.24, 2.45) is 0 Å². The number of nitrogens with one attached hydrogen (secondary N) is 3. The molecule has 1 unspecified atom stereocenters. The Hall–Kier alpha value is -1.73. The molecular formula is C22H31N3O2S+2. The van der Waals surface area contributed by atoms with Crippen LogP contribution in [-0.4, -0.2) is 45.3 Å². The van der Waals surface area contributed by atoms with Crippen molar-refractivity contribution in [1.29, 1.82) is 0 Å². The van der Waals surface area contributed by atoms with E-state index in [1.165, 1.54) is 33.7 Å². The normalized spacial score (nSPS) is 23.0. The van der Waals surface area contributed by atoms with E-state index in [1.54, 1.807) is 4.90 Å². The van der Waals surface area contributed by atoms with E-state index in [1.807, 2.05) is 11.3 Å². The molecule has 3 N–H and O–H groups in total. The second-order valence-corrected chi connectivity index (χ2v) is 8.91. The molecule has 0 spiro atoms. The molecule has 150 valence electrons. The van der Waals surface area contributed by atoms with Crippen LogP contribution in [0.2, 0.25) is 0 Å². The smallest absolute Gasteiger partial charge is 0.275 e. The maximum Gasteiger partial charge on any atom is 0.275 e. The fraction of sp³-hybridized carbons (Fsp3) is 0.500. The Morgan fingerprint density at radius 1 is 1.11 bits per heavy atom. The molecule has 0 saturated carbocycles. The van der Waals surface area contributed by atoms with E-state index in [-0.39, 0.29) is 5.91 Å². The quantitative estimate of drug-likeness (QED) is 0.621. The van der Waals surface area contributed by atoms with E-state index in [2.05, 4.69) is 47.1 Å². The number of quaternary nitrogens is 2. The number of hydrogen-bond acceptors (Lipinski definition) is 3. The van der Waals surface area contributed by atoms with Gasteiger partial charge in [0.15, 0.2) is 6.54 Å². The van der Waals surface area contributed by atoms with Crippen LogP contribution in [0, 0.1) is 0 Å². The third-order valence-electron chi connectivity index (χ3n) is 5.92. The highest BCUT2D eigenvalue weighted by molar-refractivity contribution is 7.10. The van der Waals surface area contributed by atoms with Gasteiger partial charge in [0.2, 0.25) is 0 Å². The van der Waals surface area contributed by atoms with Gasteiger partial charge in [0.25, 0.3) is 5.91 Å². The molecule has 0 radical (unpaired) electrons. The Morgan fingerprint density at radius 3 is 2.64 bits per heavy atom. The van der Waals surface area contributed by atoms with Crippen LogP contribution in [0.15, 0.2) is 41.8 Å². The lowest BCUT2D eigenvalue weighted by Gasteiger charge is -2.23. The van der Waals surface area contributed by atoms with Gasteiger partial charge in [-0.15, -0.1) is 11.3 Å². The Morgan fingerprint density at radius 2 is 1.89 bits per heavy atom. The van der Waals surface area contributed by atoms with Crippen molar-refractivity contribution in [1.82, 2.24) is 5.32 Å². The molecule has 4 rings (SSSR count). The molecule has 1 aromatic carbocycles. The van der Waals surface area contributed by atoms with Gasteiger partial charge in [-0.05, 0) is 17.0 Å². The average molecular weight is 402 g/mol. The molecule has 2 fully saturated rings. The van der Waals surface area contributed by atoms with Crippen molar-refractivity contribution >= 4 is 17.2 Å². The topological polar surface area (TPSA) is 47.2 Å². The fourth-order valence-corrected chi connectivity index (χ4v) is 5.25. The molecule has 3 heterocycles. The van der Waals surface area contributed by atoms with Crippen LogP contribution in [0.4, 0.5) is 0 Å². The van der Waals surface area contributed by atoms with Crippen LogP contribution >= 0.6 is 11.3 Å². The van der Waals surface area contributed by atoms with E-state index in [0.29, 0.717) is 19.1 Å². The Labute approximate surface area is 171 Å². The average Bonchev–Trinajstić information content (AvgIpc) is 3.40. The SMILES string of the molecule is O=C(C[NH+]1CCC[C@H]1c1cccs1)NCc1ccc(C[NH+]2CCOCC2)cc1. The van der Waals surface area contributed by atoms with Gasteiger partial charge in [-0.3, -0.25) is 4.79 Å². The highest BCUT2D eigenvalue weighted by Crippen LogP contribution is 2.23. The largest absolute Gasteiger partial charge is 0.370 e. The maximum absolute atomic E-state index is 12.5. The molecule has 2 saturated heterocycles. The number of hydrogen-bond donors (Lipinski definition) is 3. The van der Waals surface area contributed by atoms with Gasteiger partial charge < -0.3 is 19.9 Å². The number of benzene rings is 1. The summed E-state index contributed by atoms with van der Waals surface area (Å²) in [4.78, 5) is 16.9. The number of carbonyl (C=O) groups excluding carboxylic acids is 1. The molecule has 1 amide bonds. The molecule has 1 aromatic heterocycles. The van der Waals surface area contributed by atoms with Crippen molar-refractivity contribution in [2.75, 3.05) is 39.4 Å².